The summed E-state index contributed by atoms with van der Waals surface area (Å²) in [6.07, 6.45) is 1.59. The smallest absolute Gasteiger partial charge is 0.415 e. The van der Waals surface area contributed by atoms with Crippen LogP contribution in [0.2, 0.25) is 0 Å². The highest BCUT2D eigenvalue weighted by Crippen LogP contribution is 2.35. The number of ether oxygens (including phenoxy) is 1. The van der Waals surface area contributed by atoms with E-state index >= 15 is 0 Å². The zero-order valence-electron chi connectivity index (χ0n) is 11.8. The molecule has 0 unspecified atom stereocenters. The molecule has 1 aromatic rings. The fraction of sp³-hybridized carbons (Fsp3) is 0.533. The molecule has 3 rings (SSSR count). The molecule has 2 aliphatic rings. The van der Waals surface area contributed by atoms with E-state index < -0.39 is 0 Å². The second kappa shape index (κ2) is 5.07. The minimum Gasteiger partial charge on any atom is -0.441 e. The summed E-state index contributed by atoms with van der Waals surface area (Å²) in [7, 11) is 2.10. The fourth-order valence-electron chi connectivity index (χ4n) is 2.92. The number of carbonyl (C=O) groups excluding carboxylic acids is 1. The molecule has 2 saturated heterocycles. The predicted octanol–water partition coefficient (Wildman–Crippen LogP) is 1.57. The van der Waals surface area contributed by atoms with Gasteiger partial charge >= 0.3 is 6.09 Å². The molecule has 0 atom stereocenters. The lowest BCUT2D eigenvalue weighted by molar-refractivity contribution is 0.00678. The van der Waals surface area contributed by atoms with Crippen LogP contribution in [0.5, 0.6) is 0 Å². The van der Waals surface area contributed by atoms with Gasteiger partial charge in [-0.05, 0) is 24.7 Å². The number of rotatable bonds is 2. The molecular formula is C15H21N3O2. The number of anilines is 1. The van der Waals surface area contributed by atoms with Gasteiger partial charge in [-0.25, -0.2) is 4.79 Å². The second-order valence-corrected chi connectivity index (χ2v) is 5.81. The van der Waals surface area contributed by atoms with Crippen molar-refractivity contribution in [1.29, 1.82) is 0 Å². The summed E-state index contributed by atoms with van der Waals surface area (Å²) in [5.74, 6) is 0. The first kappa shape index (κ1) is 13.4. The van der Waals surface area contributed by atoms with Crippen molar-refractivity contribution in [3.05, 3.63) is 29.8 Å². The van der Waals surface area contributed by atoms with Gasteiger partial charge in [0, 0.05) is 38.2 Å². The predicted molar refractivity (Wildman–Crippen MR) is 77.6 cm³/mol. The summed E-state index contributed by atoms with van der Waals surface area (Å²) in [5, 5.41) is 0. The third-order valence-corrected chi connectivity index (χ3v) is 4.35. The van der Waals surface area contributed by atoms with Crippen molar-refractivity contribution in [3.63, 3.8) is 0 Å². The summed E-state index contributed by atoms with van der Waals surface area (Å²) >= 11 is 0. The first-order chi connectivity index (χ1) is 9.62. The van der Waals surface area contributed by atoms with Crippen LogP contribution in [-0.2, 0) is 11.3 Å². The van der Waals surface area contributed by atoms with Crippen LogP contribution >= 0.6 is 0 Å². The molecule has 108 valence electrons. The van der Waals surface area contributed by atoms with Crippen LogP contribution in [0.15, 0.2) is 24.3 Å². The first-order valence-electron chi connectivity index (χ1n) is 7.10. The number of nitrogens with two attached hydrogens (primary N) is 1. The quantitative estimate of drug-likeness (QED) is 0.890. The third-order valence-electron chi connectivity index (χ3n) is 4.35. The van der Waals surface area contributed by atoms with Crippen molar-refractivity contribution < 1.29 is 9.53 Å². The van der Waals surface area contributed by atoms with E-state index in [1.165, 1.54) is 0 Å². The molecule has 2 aliphatic heterocycles. The molecule has 5 heteroatoms. The Balaban J connectivity index is 1.76. The minimum atomic E-state index is -0.296. The summed E-state index contributed by atoms with van der Waals surface area (Å²) in [5.41, 5.74) is 7.26. The number of carbonyl (C=O) groups is 1. The Bertz CT molecular complexity index is 492. The molecule has 0 bridgehead atoms. The Hall–Kier alpha value is -1.59. The van der Waals surface area contributed by atoms with Crippen LogP contribution in [0.1, 0.15) is 18.4 Å². The highest BCUT2D eigenvalue weighted by molar-refractivity contribution is 5.90. The van der Waals surface area contributed by atoms with Crippen molar-refractivity contribution in [2.24, 2.45) is 5.73 Å². The SMILES string of the molecule is CN1CCC2(CC1)CN(c1ccc(CN)cc1)C(=O)O2. The standard InChI is InChI=1S/C15H21N3O2/c1-17-8-6-15(7-9-17)11-18(14(19)20-15)13-4-2-12(10-16)3-5-13/h2-5H,6-11,16H2,1H3. The van der Waals surface area contributed by atoms with Crippen LogP contribution in [0.4, 0.5) is 10.5 Å². The van der Waals surface area contributed by atoms with Gasteiger partial charge < -0.3 is 15.4 Å². The third kappa shape index (κ3) is 2.39. The molecule has 0 aromatic heterocycles. The van der Waals surface area contributed by atoms with Gasteiger partial charge in [-0.2, -0.15) is 0 Å². The number of benzene rings is 1. The average molecular weight is 275 g/mol. The summed E-state index contributed by atoms with van der Waals surface area (Å²) in [4.78, 5) is 16.2. The lowest BCUT2D eigenvalue weighted by atomic mass is 9.91. The molecule has 2 heterocycles. The normalized spacial score (nSPS) is 22.3. The number of piperidine rings is 1. The van der Waals surface area contributed by atoms with Gasteiger partial charge in [-0.1, -0.05) is 12.1 Å². The fourth-order valence-corrected chi connectivity index (χ4v) is 2.92. The topological polar surface area (TPSA) is 58.8 Å². The molecular weight excluding hydrogens is 254 g/mol. The number of nitrogens with zero attached hydrogens (tertiary/aromatic N) is 2. The molecule has 1 amide bonds. The van der Waals surface area contributed by atoms with Gasteiger partial charge in [-0.3, -0.25) is 4.90 Å². The number of hydrogen-bond acceptors (Lipinski definition) is 4. The van der Waals surface area contributed by atoms with E-state index in [2.05, 4.69) is 11.9 Å². The maximum atomic E-state index is 12.1. The van der Waals surface area contributed by atoms with E-state index in [0.29, 0.717) is 13.1 Å². The molecule has 2 N–H and O–H groups in total. The summed E-state index contributed by atoms with van der Waals surface area (Å²) in [6, 6.07) is 7.80. The molecule has 20 heavy (non-hydrogen) atoms. The van der Waals surface area contributed by atoms with E-state index in [-0.39, 0.29) is 11.7 Å². The molecule has 0 radical (unpaired) electrons. The van der Waals surface area contributed by atoms with Crippen molar-refractivity contribution in [2.45, 2.75) is 25.0 Å². The number of likely N-dealkylation sites (tertiary alicyclic amines) is 1. The summed E-state index contributed by atoms with van der Waals surface area (Å²) < 4.78 is 5.70. The van der Waals surface area contributed by atoms with Gasteiger partial charge in [0.2, 0.25) is 0 Å². The van der Waals surface area contributed by atoms with E-state index in [9.17, 15) is 4.79 Å². The van der Waals surface area contributed by atoms with E-state index in [1.807, 2.05) is 24.3 Å². The monoisotopic (exact) mass is 275 g/mol. The molecule has 1 spiro atoms. The maximum absolute atomic E-state index is 12.1. The van der Waals surface area contributed by atoms with Crippen molar-refractivity contribution in [2.75, 3.05) is 31.6 Å². The Morgan fingerprint density at radius 2 is 1.90 bits per heavy atom. The Morgan fingerprint density at radius 3 is 2.50 bits per heavy atom. The molecule has 2 fully saturated rings. The number of hydrogen-bond donors (Lipinski definition) is 1. The van der Waals surface area contributed by atoms with Gasteiger partial charge in [0.1, 0.15) is 5.60 Å². The van der Waals surface area contributed by atoms with Crippen molar-refractivity contribution in [3.8, 4) is 0 Å². The van der Waals surface area contributed by atoms with Gasteiger partial charge in [0.25, 0.3) is 0 Å². The van der Waals surface area contributed by atoms with Crippen molar-refractivity contribution >= 4 is 11.8 Å². The van der Waals surface area contributed by atoms with Crippen LogP contribution in [0, 0.1) is 0 Å². The Morgan fingerprint density at radius 1 is 1.25 bits per heavy atom. The molecule has 5 nitrogen and oxygen atoms in total. The lowest BCUT2D eigenvalue weighted by Gasteiger charge is -2.35. The zero-order chi connectivity index (χ0) is 14.2. The van der Waals surface area contributed by atoms with Crippen LogP contribution in [0.3, 0.4) is 0 Å². The Labute approximate surface area is 119 Å². The number of amides is 1. The highest BCUT2D eigenvalue weighted by atomic mass is 16.6. The molecule has 1 aromatic carbocycles. The molecule has 0 saturated carbocycles. The minimum absolute atomic E-state index is 0.227. The average Bonchev–Trinajstić information content (AvgIpc) is 2.80. The largest absolute Gasteiger partial charge is 0.441 e. The van der Waals surface area contributed by atoms with Crippen LogP contribution in [-0.4, -0.2) is 43.3 Å². The molecule has 0 aliphatic carbocycles. The first-order valence-corrected chi connectivity index (χ1v) is 7.10. The summed E-state index contributed by atoms with van der Waals surface area (Å²) in [6.45, 7) is 3.13. The van der Waals surface area contributed by atoms with E-state index in [1.54, 1.807) is 4.90 Å². The van der Waals surface area contributed by atoms with Crippen LogP contribution in [0.25, 0.3) is 0 Å². The van der Waals surface area contributed by atoms with Crippen LogP contribution < -0.4 is 10.6 Å². The second-order valence-electron chi connectivity index (χ2n) is 5.81. The maximum Gasteiger partial charge on any atom is 0.415 e. The highest BCUT2D eigenvalue weighted by Gasteiger charge is 2.46. The van der Waals surface area contributed by atoms with Crippen molar-refractivity contribution in [1.82, 2.24) is 4.90 Å². The van der Waals surface area contributed by atoms with E-state index in [0.717, 1.165) is 37.2 Å². The Kier molecular flexibility index (Phi) is 3.40. The zero-order valence-corrected chi connectivity index (χ0v) is 11.8. The lowest BCUT2D eigenvalue weighted by Crippen LogP contribution is -2.45. The van der Waals surface area contributed by atoms with Gasteiger partial charge in [0.15, 0.2) is 0 Å². The van der Waals surface area contributed by atoms with Gasteiger partial charge in [0.05, 0.1) is 6.54 Å². The van der Waals surface area contributed by atoms with E-state index in [4.69, 9.17) is 10.5 Å². The van der Waals surface area contributed by atoms with Gasteiger partial charge in [-0.15, -0.1) is 0 Å².